The normalized spacial score (nSPS) is 45.0. The summed E-state index contributed by atoms with van der Waals surface area (Å²) in [5.41, 5.74) is 0.466. The molecule has 0 spiro atoms. The van der Waals surface area contributed by atoms with Crippen LogP contribution in [0.25, 0.3) is 0 Å². The number of methoxy groups -OCH3 is 1. The van der Waals surface area contributed by atoms with Gasteiger partial charge in [-0.05, 0) is 39.2 Å². The minimum atomic E-state index is -0.681. The van der Waals surface area contributed by atoms with E-state index in [-0.39, 0.29) is 42.1 Å². The van der Waals surface area contributed by atoms with Crippen molar-refractivity contribution in [3.05, 3.63) is 22.9 Å². The summed E-state index contributed by atoms with van der Waals surface area (Å²) in [5, 5.41) is 10.7. The standard InChI is InChI=1S/C22H31NO6/c1-5-14(24)13-7-8-15-17-16-11(2)19(20-18(26-4)12(3)21(25)27-20)29-22(16,28-15)9-6-10-23(13)17/h11,13-17,24H,5-10H2,1-4H3/b20-19-/t11-,13-,14-,15+,16+,17-,22+/m0/s1. The Bertz CT molecular complexity index is 790. The van der Waals surface area contributed by atoms with Crippen LogP contribution < -0.4 is 0 Å². The second-order valence-corrected chi connectivity index (χ2v) is 9.08. The minimum absolute atomic E-state index is 0.0296. The number of carbonyl (C=O) groups excluding carboxylic acids is 1. The smallest absolute Gasteiger partial charge is 0.343 e. The van der Waals surface area contributed by atoms with Gasteiger partial charge in [0.1, 0.15) is 5.76 Å². The maximum atomic E-state index is 12.1. The highest BCUT2D eigenvalue weighted by molar-refractivity contribution is 5.93. The van der Waals surface area contributed by atoms with Crippen molar-refractivity contribution < 1.29 is 28.8 Å². The van der Waals surface area contributed by atoms with Crippen molar-refractivity contribution in [3.8, 4) is 0 Å². The third-order valence-electron chi connectivity index (χ3n) is 7.68. The zero-order chi connectivity index (χ0) is 20.5. The lowest BCUT2D eigenvalue weighted by Crippen LogP contribution is -2.58. The van der Waals surface area contributed by atoms with Crippen molar-refractivity contribution in [1.82, 2.24) is 4.90 Å². The minimum Gasteiger partial charge on any atom is -0.492 e. The molecule has 0 saturated carbocycles. The van der Waals surface area contributed by atoms with E-state index in [4.69, 9.17) is 18.9 Å². The van der Waals surface area contributed by atoms with Gasteiger partial charge in [-0.3, -0.25) is 4.90 Å². The molecule has 0 aromatic rings. The second kappa shape index (κ2) is 6.72. The van der Waals surface area contributed by atoms with Crippen LogP contribution in [0.3, 0.4) is 0 Å². The number of carbonyl (C=O) groups is 1. The first-order valence-corrected chi connectivity index (χ1v) is 10.9. The summed E-state index contributed by atoms with van der Waals surface area (Å²) in [5.74, 6) is 0.631. The van der Waals surface area contributed by atoms with Gasteiger partial charge in [0.05, 0.1) is 30.8 Å². The Labute approximate surface area is 171 Å². The molecule has 0 amide bonds. The molecule has 0 aromatic carbocycles. The molecule has 5 heterocycles. The van der Waals surface area contributed by atoms with Crippen LogP contribution in [0.2, 0.25) is 0 Å². The summed E-state index contributed by atoms with van der Waals surface area (Å²) >= 11 is 0. The van der Waals surface area contributed by atoms with Crippen LogP contribution in [-0.2, 0) is 23.7 Å². The molecular weight excluding hydrogens is 374 g/mol. The lowest BCUT2D eigenvalue weighted by atomic mass is 9.77. The molecule has 5 aliphatic heterocycles. The lowest BCUT2D eigenvalue weighted by Gasteiger charge is -2.46. The monoisotopic (exact) mass is 405 g/mol. The average Bonchev–Trinajstić information content (AvgIpc) is 3.23. The average molecular weight is 405 g/mol. The largest absolute Gasteiger partial charge is 0.492 e. The first kappa shape index (κ1) is 19.4. The quantitative estimate of drug-likeness (QED) is 0.723. The fourth-order valence-corrected chi connectivity index (χ4v) is 6.40. The maximum absolute atomic E-state index is 12.1. The highest BCUT2D eigenvalue weighted by Crippen LogP contribution is 2.59. The molecule has 5 rings (SSSR count). The maximum Gasteiger partial charge on any atom is 0.343 e. The van der Waals surface area contributed by atoms with Gasteiger partial charge in [0.2, 0.25) is 11.5 Å². The van der Waals surface area contributed by atoms with Gasteiger partial charge in [0.25, 0.3) is 0 Å². The third-order valence-corrected chi connectivity index (χ3v) is 7.68. The Morgan fingerprint density at radius 3 is 2.90 bits per heavy atom. The number of cyclic esters (lactones) is 1. The molecule has 160 valence electrons. The molecule has 5 aliphatic rings. The number of aliphatic hydroxyl groups excluding tert-OH is 1. The van der Waals surface area contributed by atoms with Crippen molar-refractivity contribution in [2.24, 2.45) is 11.8 Å². The number of nitrogens with zero attached hydrogens (tertiary/aromatic N) is 1. The molecule has 1 N–H and O–H groups in total. The number of ether oxygens (including phenoxy) is 4. The first-order valence-electron chi connectivity index (χ1n) is 10.9. The van der Waals surface area contributed by atoms with Crippen LogP contribution in [-0.4, -0.2) is 59.7 Å². The van der Waals surface area contributed by atoms with Crippen molar-refractivity contribution in [3.63, 3.8) is 0 Å². The molecule has 4 fully saturated rings. The summed E-state index contributed by atoms with van der Waals surface area (Å²) in [6.07, 6.45) is 4.22. The molecule has 29 heavy (non-hydrogen) atoms. The van der Waals surface area contributed by atoms with Crippen LogP contribution in [0.4, 0.5) is 0 Å². The van der Waals surface area contributed by atoms with E-state index in [2.05, 4.69) is 11.8 Å². The van der Waals surface area contributed by atoms with Gasteiger partial charge in [0, 0.05) is 24.4 Å². The molecule has 0 radical (unpaired) electrons. The number of rotatable bonds is 3. The Morgan fingerprint density at radius 1 is 1.38 bits per heavy atom. The van der Waals surface area contributed by atoms with Crippen LogP contribution in [0.15, 0.2) is 22.9 Å². The van der Waals surface area contributed by atoms with E-state index < -0.39 is 5.79 Å². The van der Waals surface area contributed by atoms with E-state index >= 15 is 0 Å². The fraction of sp³-hybridized carbons (Fsp3) is 0.773. The van der Waals surface area contributed by atoms with E-state index in [0.29, 0.717) is 22.9 Å². The van der Waals surface area contributed by atoms with Gasteiger partial charge in [-0.25, -0.2) is 4.79 Å². The number of hydrogen-bond donors (Lipinski definition) is 1. The predicted octanol–water partition coefficient (Wildman–Crippen LogP) is 2.45. The highest BCUT2D eigenvalue weighted by atomic mass is 16.7. The summed E-state index contributed by atoms with van der Waals surface area (Å²) in [7, 11) is 1.55. The summed E-state index contributed by atoms with van der Waals surface area (Å²) in [4.78, 5) is 14.6. The Balaban J connectivity index is 1.55. The van der Waals surface area contributed by atoms with E-state index in [1.807, 2.05) is 6.92 Å². The highest BCUT2D eigenvalue weighted by Gasteiger charge is 2.68. The number of aliphatic hydroxyl groups is 1. The Morgan fingerprint density at radius 2 is 2.17 bits per heavy atom. The van der Waals surface area contributed by atoms with Crippen molar-refractivity contribution in [2.45, 2.75) is 83.0 Å². The molecule has 0 aliphatic carbocycles. The number of piperidine rings is 1. The molecular formula is C22H31NO6. The van der Waals surface area contributed by atoms with E-state index in [0.717, 1.165) is 38.6 Å². The van der Waals surface area contributed by atoms with E-state index in [1.54, 1.807) is 14.0 Å². The van der Waals surface area contributed by atoms with Crippen molar-refractivity contribution in [1.29, 1.82) is 0 Å². The van der Waals surface area contributed by atoms with Crippen LogP contribution in [0, 0.1) is 11.8 Å². The second-order valence-electron chi connectivity index (χ2n) is 9.08. The van der Waals surface area contributed by atoms with Gasteiger partial charge >= 0.3 is 5.97 Å². The topological polar surface area (TPSA) is 77.5 Å². The Hall–Kier alpha value is -1.57. The fourth-order valence-electron chi connectivity index (χ4n) is 6.40. The predicted molar refractivity (Wildman–Crippen MR) is 103 cm³/mol. The van der Waals surface area contributed by atoms with Crippen LogP contribution >= 0.6 is 0 Å². The van der Waals surface area contributed by atoms with Crippen LogP contribution in [0.5, 0.6) is 0 Å². The first-order chi connectivity index (χ1) is 13.9. The summed E-state index contributed by atoms with van der Waals surface area (Å²) < 4.78 is 24.2. The molecule has 7 nitrogen and oxygen atoms in total. The van der Waals surface area contributed by atoms with E-state index in [1.165, 1.54) is 0 Å². The zero-order valence-corrected chi connectivity index (χ0v) is 17.6. The molecule has 4 saturated heterocycles. The molecule has 2 bridgehead atoms. The van der Waals surface area contributed by atoms with Crippen LogP contribution in [0.1, 0.15) is 52.9 Å². The third kappa shape index (κ3) is 2.56. The summed E-state index contributed by atoms with van der Waals surface area (Å²) in [6, 6.07) is 0.377. The van der Waals surface area contributed by atoms with Crippen molar-refractivity contribution in [2.75, 3.05) is 13.7 Å². The molecule has 0 unspecified atom stereocenters. The van der Waals surface area contributed by atoms with Gasteiger partial charge < -0.3 is 24.1 Å². The molecule has 0 aromatic heterocycles. The SMILES string of the molecule is CC[C@H](O)[C@@H]1CC[C@H]2O[C@@]34CCCN1[C@@H]2[C@H]3[C@H](C)/C(=C1/OC(=O)C(C)=C1OC)O4. The van der Waals surface area contributed by atoms with Gasteiger partial charge in [-0.1, -0.05) is 13.8 Å². The van der Waals surface area contributed by atoms with E-state index in [9.17, 15) is 9.90 Å². The van der Waals surface area contributed by atoms with Crippen molar-refractivity contribution >= 4 is 5.97 Å². The molecule has 7 heteroatoms. The Kier molecular flexibility index (Phi) is 4.50. The summed E-state index contributed by atoms with van der Waals surface area (Å²) in [6.45, 7) is 6.85. The van der Waals surface area contributed by atoms with Gasteiger partial charge in [-0.15, -0.1) is 0 Å². The number of hydrogen-bond acceptors (Lipinski definition) is 7. The molecule has 7 atom stereocenters. The van der Waals surface area contributed by atoms with Gasteiger partial charge in [-0.2, -0.15) is 0 Å². The lowest BCUT2D eigenvalue weighted by molar-refractivity contribution is -0.213. The number of allylic oxidation sites excluding steroid dienone is 1. The number of esters is 1. The zero-order valence-electron chi connectivity index (χ0n) is 17.6. The van der Waals surface area contributed by atoms with Gasteiger partial charge in [0.15, 0.2) is 5.76 Å².